The summed E-state index contributed by atoms with van der Waals surface area (Å²) < 4.78 is 3.75. The van der Waals surface area contributed by atoms with Gasteiger partial charge in [0.1, 0.15) is 6.33 Å². The maximum Gasteiger partial charge on any atom is 0.252 e. The van der Waals surface area contributed by atoms with E-state index in [1.54, 1.807) is 4.52 Å². The van der Waals surface area contributed by atoms with Crippen LogP contribution >= 0.6 is 0 Å². The van der Waals surface area contributed by atoms with Gasteiger partial charge < -0.3 is 10.6 Å². The predicted octanol–water partition coefficient (Wildman–Crippen LogP) is 0.680. The number of hydrogen-bond acceptors (Lipinski definition) is 6. The first kappa shape index (κ1) is 17.6. The van der Waals surface area contributed by atoms with Crippen LogP contribution in [0.3, 0.4) is 0 Å². The maximum atomic E-state index is 12.3. The molecule has 0 radical (unpaired) electrons. The van der Waals surface area contributed by atoms with Gasteiger partial charge in [-0.15, -0.1) is 0 Å². The number of rotatable bonds is 5. The predicted molar refractivity (Wildman–Crippen MR) is 99.0 cm³/mol. The average molecular weight is 368 g/mol. The lowest BCUT2D eigenvalue weighted by atomic mass is 10.1. The number of aromatic nitrogens is 6. The van der Waals surface area contributed by atoms with Crippen LogP contribution in [-0.4, -0.2) is 41.8 Å². The second-order valence-corrected chi connectivity index (χ2v) is 6.89. The third kappa shape index (κ3) is 3.68. The van der Waals surface area contributed by atoms with E-state index in [4.69, 9.17) is 0 Å². The molecular formula is C18H24N8O. The van der Waals surface area contributed by atoms with Gasteiger partial charge in [-0.2, -0.15) is 15.2 Å². The Balaban J connectivity index is 1.35. The highest BCUT2D eigenvalue weighted by molar-refractivity contribution is 5.76. The molecule has 142 valence electrons. The minimum Gasteiger partial charge on any atom is -0.350 e. The molecule has 1 aliphatic heterocycles. The molecule has 0 aromatic carbocycles. The number of nitrogens with one attached hydrogen (secondary N) is 2. The minimum atomic E-state index is 0.00815. The van der Waals surface area contributed by atoms with E-state index >= 15 is 0 Å². The lowest BCUT2D eigenvalue weighted by Crippen LogP contribution is -2.24. The van der Waals surface area contributed by atoms with Crippen LogP contribution in [0, 0.1) is 13.8 Å². The molecule has 0 saturated heterocycles. The normalized spacial score (nSPS) is 14.1. The van der Waals surface area contributed by atoms with Crippen molar-refractivity contribution in [3.05, 3.63) is 40.7 Å². The second-order valence-electron chi connectivity index (χ2n) is 6.89. The summed E-state index contributed by atoms with van der Waals surface area (Å²) in [5.41, 5.74) is 5.00. The van der Waals surface area contributed by atoms with Crippen LogP contribution in [0.2, 0.25) is 0 Å². The molecule has 0 fully saturated rings. The highest BCUT2D eigenvalue weighted by atomic mass is 16.1. The number of carbonyl (C=O) groups is 1. The number of aryl methyl sites for hydroxylation is 3. The van der Waals surface area contributed by atoms with E-state index in [0.717, 1.165) is 48.7 Å². The van der Waals surface area contributed by atoms with Gasteiger partial charge in [-0.1, -0.05) is 0 Å². The zero-order valence-electron chi connectivity index (χ0n) is 15.7. The van der Waals surface area contributed by atoms with Crippen LogP contribution in [0.1, 0.15) is 41.2 Å². The van der Waals surface area contributed by atoms with Gasteiger partial charge in [-0.05, 0) is 44.9 Å². The monoisotopic (exact) mass is 368 g/mol. The van der Waals surface area contributed by atoms with E-state index in [0.29, 0.717) is 25.2 Å². The summed E-state index contributed by atoms with van der Waals surface area (Å²) in [7, 11) is 0. The van der Waals surface area contributed by atoms with E-state index in [1.165, 1.54) is 12.0 Å². The molecule has 4 heterocycles. The van der Waals surface area contributed by atoms with Crippen molar-refractivity contribution in [3.63, 3.8) is 0 Å². The molecule has 2 N–H and O–H groups in total. The Morgan fingerprint density at radius 2 is 2.26 bits per heavy atom. The highest BCUT2D eigenvalue weighted by Gasteiger charge is 2.14. The summed E-state index contributed by atoms with van der Waals surface area (Å²) in [6.45, 7) is 7.15. The van der Waals surface area contributed by atoms with Crippen molar-refractivity contribution in [3.8, 4) is 0 Å². The Hall–Kier alpha value is -2.81. The van der Waals surface area contributed by atoms with Crippen LogP contribution in [0.15, 0.2) is 12.4 Å². The van der Waals surface area contributed by atoms with Gasteiger partial charge in [0.25, 0.3) is 5.78 Å². The van der Waals surface area contributed by atoms with Gasteiger partial charge in [-0.25, -0.2) is 9.50 Å². The van der Waals surface area contributed by atoms with E-state index in [-0.39, 0.29) is 5.91 Å². The molecular weight excluding hydrogens is 344 g/mol. The molecule has 9 heteroatoms. The molecule has 27 heavy (non-hydrogen) atoms. The Bertz CT molecular complexity index is 950. The largest absolute Gasteiger partial charge is 0.350 e. The van der Waals surface area contributed by atoms with Gasteiger partial charge in [0.05, 0.1) is 17.9 Å². The molecule has 3 aromatic heterocycles. The number of fused-ring (bicyclic) bond motifs is 2. The van der Waals surface area contributed by atoms with E-state index in [9.17, 15) is 4.79 Å². The zero-order valence-corrected chi connectivity index (χ0v) is 15.7. The van der Waals surface area contributed by atoms with Gasteiger partial charge in [-0.3, -0.25) is 9.48 Å². The molecule has 0 aliphatic carbocycles. The first-order chi connectivity index (χ1) is 13.1. The summed E-state index contributed by atoms with van der Waals surface area (Å²) in [6.07, 6.45) is 3.59. The fourth-order valence-electron chi connectivity index (χ4n) is 3.54. The zero-order chi connectivity index (χ0) is 18.8. The molecule has 3 aromatic rings. The molecule has 1 aliphatic rings. The lowest BCUT2D eigenvalue weighted by Gasteiger charge is -2.10. The maximum absolute atomic E-state index is 12.3. The smallest absolute Gasteiger partial charge is 0.252 e. The number of carbonyl (C=O) groups excluding carboxylic acids is 1. The Kier molecular flexibility index (Phi) is 4.85. The number of hydrogen-bond donors (Lipinski definition) is 2. The average Bonchev–Trinajstić information content (AvgIpc) is 3.21. The summed E-state index contributed by atoms with van der Waals surface area (Å²) in [5, 5.41) is 15.1. The number of amides is 1. The Labute approximate surface area is 157 Å². The summed E-state index contributed by atoms with van der Waals surface area (Å²) >= 11 is 0. The lowest BCUT2D eigenvalue weighted by molar-refractivity contribution is -0.121. The first-order valence-corrected chi connectivity index (χ1v) is 9.30. The Morgan fingerprint density at radius 1 is 1.37 bits per heavy atom. The van der Waals surface area contributed by atoms with Crippen molar-refractivity contribution in [1.82, 2.24) is 40.0 Å². The van der Waals surface area contributed by atoms with E-state index in [1.807, 2.05) is 18.5 Å². The van der Waals surface area contributed by atoms with Gasteiger partial charge in [0.2, 0.25) is 5.91 Å². The minimum absolute atomic E-state index is 0.00815. The van der Waals surface area contributed by atoms with Crippen LogP contribution in [0.4, 0.5) is 0 Å². The number of nitrogens with zero attached hydrogens (tertiary/aromatic N) is 6. The summed E-state index contributed by atoms with van der Waals surface area (Å²) in [4.78, 5) is 20.9. The molecule has 1 amide bonds. The van der Waals surface area contributed by atoms with Gasteiger partial charge >= 0.3 is 0 Å². The summed E-state index contributed by atoms with van der Waals surface area (Å²) in [6, 6.07) is 2.06. The van der Waals surface area contributed by atoms with Crippen LogP contribution < -0.4 is 10.6 Å². The van der Waals surface area contributed by atoms with Crippen molar-refractivity contribution in [2.45, 2.75) is 52.7 Å². The fraction of sp³-hybridized carbons (Fsp3) is 0.500. The molecule has 0 atom stereocenters. The highest BCUT2D eigenvalue weighted by Crippen LogP contribution is 2.15. The van der Waals surface area contributed by atoms with Crippen molar-refractivity contribution in [2.24, 2.45) is 0 Å². The first-order valence-electron chi connectivity index (χ1n) is 9.30. The summed E-state index contributed by atoms with van der Waals surface area (Å²) in [5.74, 6) is 0.598. The third-order valence-corrected chi connectivity index (χ3v) is 5.00. The molecule has 0 spiro atoms. The Morgan fingerprint density at radius 3 is 3.15 bits per heavy atom. The molecule has 0 bridgehead atoms. The van der Waals surface area contributed by atoms with Gasteiger partial charge in [0, 0.05) is 30.9 Å². The third-order valence-electron chi connectivity index (χ3n) is 5.00. The van der Waals surface area contributed by atoms with Crippen LogP contribution in [0.5, 0.6) is 0 Å². The molecule has 0 saturated carbocycles. The van der Waals surface area contributed by atoms with E-state index < -0.39 is 0 Å². The van der Waals surface area contributed by atoms with Crippen molar-refractivity contribution in [1.29, 1.82) is 0 Å². The fourth-order valence-corrected chi connectivity index (χ4v) is 3.54. The topological polar surface area (TPSA) is 102 Å². The van der Waals surface area contributed by atoms with Crippen molar-refractivity contribution < 1.29 is 4.79 Å². The van der Waals surface area contributed by atoms with Crippen LogP contribution in [-0.2, 0) is 30.8 Å². The van der Waals surface area contributed by atoms with E-state index in [2.05, 4.69) is 36.9 Å². The SMILES string of the molecule is Cc1nc2ncnn2c(C)c1CCC(=O)NCc1cc2n(n1)CCCNC2. The molecule has 4 rings (SSSR count). The molecule has 9 nitrogen and oxygen atoms in total. The van der Waals surface area contributed by atoms with Crippen molar-refractivity contribution >= 4 is 11.7 Å². The van der Waals surface area contributed by atoms with Crippen LogP contribution in [0.25, 0.3) is 5.78 Å². The van der Waals surface area contributed by atoms with Crippen molar-refractivity contribution in [2.75, 3.05) is 6.54 Å². The standard InChI is InChI=1S/C18H24N8O/c1-12-16(13(2)26-18(23-12)21-11-22-26)4-5-17(27)20-9-14-8-15-10-19-6-3-7-25(15)24-14/h8,11,19H,3-7,9-10H2,1-2H3,(H,20,27). The second kappa shape index (κ2) is 7.43. The molecule has 0 unspecified atom stereocenters. The van der Waals surface area contributed by atoms with Gasteiger partial charge in [0.15, 0.2) is 0 Å². The quantitative estimate of drug-likeness (QED) is 0.687.